The minimum absolute atomic E-state index is 0.0219. The van der Waals surface area contributed by atoms with Crippen LogP contribution in [0.3, 0.4) is 0 Å². The average Bonchev–Trinajstić information content (AvgIpc) is 2.87. The molecule has 0 aliphatic carbocycles. The van der Waals surface area contributed by atoms with Gasteiger partial charge in [-0.3, -0.25) is 4.79 Å². The van der Waals surface area contributed by atoms with Crippen LogP contribution in [0, 0.1) is 20.8 Å². The van der Waals surface area contributed by atoms with E-state index < -0.39 is 0 Å². The summed E-state index contributed by atoms with van der Waals surface area (Å²) in [5.74, 6) is 0.00651. The maximum Gasteiger partial charge on any atom is 0.179 e. The summed E-state index contributed by atoms with van der Waals surface area (Å²) in [6.07, 6.45) is 0. The van der Waals surface area contributed by atoms with Crippen molar-refractivity contribution in [3.63, 3.8) is 0 Å². The summed E-state index contributed by atoms with van der Waals surface area (Å²) in [5, 5.41) is 3.09. The van der Waals surface area contributed by atoms with E-state index in [0.717, 1.165) is 27.7 Å². The standard InChI is InChI=1S/C13H15ClN2OS/c1-8-7-18-13(15-8)6-16-9(2)4-11(10(16)3)12(17)5-14/h4,7H,5-6H2,1-3H3. The molecule has 0 atom stereocenters. The van der Waals surface area contributed by atoms with Crippen LogP contribution in [-0.4, -0.2) is 21.2 Å². The van der Waals surface area contributed by atoms with Gasteiger partial charge in [0.2, 0.25) is 0 Å². The van der Waals surface area contributed by atoms with Crippen molar-refractivity contribution in [2.45, 2.75) is 27.3 Å². The van der Waals surface area contributed by atoms with Gasteiger partial charge in [0, 0.05) is 28.0 Å². The van der Waals surface area contributed by atoms with Crippen molar-refractivity contribution >= 4 is 28.7 Å². The van der Waals surface area contributed by atoms with E-state index in [9.17, 15) is 4.79 Å². The Morgan fingerprint density at radius 1 is 1.44 bits per heavy atom. The lowest BCUT2D eigenvalue weighted by atomic mass is 10.2. The van der Waals surface area contributed by atoms with E-state index in [1.165, 1.54) is 0 Å². The van der Waals surface area contributed by atoms with Gasteiger partial charge in [-0.25, -0.2) is 4.98 Å². The fourth-order valence-electron chi connectivity index (χ4n) is 2.01. The van der Waals surface area contributed by atoms with E-state index >= 15 is 0 Å². The molecule has 96 valence electrons. The Morgan fingerprint density at radius 2 is 2.17 bits per heavy atom. The molecule has 3 nitrogen and oxygen atoms in total. The largest absolute Gasteiger partial charge is 0.342 e. The van der Waals surface area contributed by atoms with Gasteiger partial charge in [0.25, 0.3) is 0 Å². The first-order valence-corrected chi connectivity index (χ1v) is 7.11. The molecule has 2 aromatic heterocycles. The summed E-state index contributed by atoms with van der Waals surface area (Å²) in [6.45, 7) is 6.65. The number of thiazole rings is 1. The van der Waals surface area contributed by atoms with Crippen molar-refractivity contribution in [3.8, 4) is 0 Å². The predicted octanol–water partition coefficient (Wildman–Crippen LogP) is 3.34. The maximum absolute atomic E-state index is 11.7. The third-order valence-corrected chi connectivity index (χ3v) is 4.15. The summed E-state index contributed by atoms with van der Waals surface area (Å²) in [7, 11) is 0. The van der Waals surface area contributed by atoms with Crippen molar-refractivity contribution in [1.82, 2.24) is 9.55 Å². The van der Waals surface area contributed by atoms with Crippen molar-refractivity contribution in [2.24, 2.45) is 0 Å². The third-order valence-electron chi connectivity index (χ3n) is 2.96. The number of aromatic nitrogens is 2. The molecule has 0 fully saturated rings. The zero-order valence-electron chi connectivity index (χ0n) is 10.7. The molecule has 0 saturated heterocycles. The number of halogens is 1. The van der Waals surface area contributed by atoms with Gasteiger partial charge in [-0.05, 0) is 26.8 Å². The number of rotatable bonds is 4. The summed E-state index contributed by atoms with van der Waals surface area (Å²) in [5.41, 5.74) is 3.78. The van der Waals surface area contributed by atoms with Gasteiger partial charge in [0.15, 0.2) is 5.78 Å². The highest BCUT2D eigenvalue weighted by Gasteiger charge is 2.15. The van der Waals surface area contributed by atoms with Crippen LogP contribution < -0.4 is 0 Å². The van der Waals surface area contributed by atoms with Crippen LogP contribution in [0.4, 0.5) is 0 Å². The molecular weight excluding hydrogens is 268 g/mol. The van der Waals surface area contributed by atoms with Crippen molar-refractivity contribution in [1.29, 1.82) is 0 Å². The highest BCUT2D eigenvalue weighted by molar-refractivity contribution is 7.09. The predicted molar refractivity (Wildman–Crippen MR) is 74.9 cm³/mol. The van der Waals surface area contributed by atoms with Crippen LogP contribution in [0.25, 0.3) is 0 Å². The summed E-state index contributed by atoms with van der Waals surface area (Å²) >= 11 is 7.26. The molecule has 2 aromatic rings. The minimum atomic E-state index is -0.0219. The molecule has 0 unspecified atom stereocenters. The highest BCUT2D eigenvalue weighted by atomic mass is 35.5. The monoisotopic (exact) mass is 282 g/mol. The Morgan fingerprint density at radius 3 is 2.72 bits per heavy atom. The molecule has 0 spiro atoms. The molecular formula is C13H15ClN2OS. The quantitative estimate of drug-likeness (QED) is 0.637. The van der Waals surface area contributed by atoms with Crippen LogP contribution in [0.2, 0.25) is 0 Å². The molecule has 18 heavy (non-hydrogen) atoms. The zero-order chi connectivity index (χ0) is 13.3. The van der Waals surface area contributed by atoms with Crippen LogP contribution in [0.1, 0.15) is 32.4 Å². The Balaban J connectivity index is 2.34. The number of Topliss-reactive ketones (excluding diaryl/α,β-unsaturated/α-hetero) is 1. The number of carbonyl (C=O) groups excluding carboxylic acids is 1. The number of nitrogens with zero attached hydrogens (tertiary/aromatic N) is 2. The molecule has 2 heterocycles. The fourth-order valence-corrected chi connectivity index (χ4v) is 2.91. The molecule has 0 radical (unpaired) electrons. The minimum Gasteiger partial charge on any atom is -0.342 e. The summed E-state index contributed by atoms with van der Waals surface area (Å²) in [4.78, 5) is 16.1. The van der Waals surface area contributed by atoms with E-state index in [1.807, 2.05) is 32.2 Å². The number of hydrogen-bond donors (Lipinski definition) is 0. The maximum atomic E-state index is 11.7. The molecule has 0 bridgehead atoms. The second-order valence-electron chi connectivity index (χ2n) is 4.31. The van der Waals surface area contributed by atoms with Gasteiger partial charge >= 0.3 is 0 Å². The molecule has 0 aliphatic rings. The lowest BCUT2D eigenvalue weighted by Gasteiger charge is -2.07. The van der Waals surface area contributed by atoms with E-state index in [1.54, 1.807) is 11.3 Å². The van der Waals surface area contributed by atoms with Gasteiger partial charge in [0.1, 0.15) is 5.01 Å². The molecule has 0 aromatic carbocycles. The lowest BCUT2D eigenvalue weighted by Crippen LogP contribution is -2.06. The molecule has 2 rings (SSSR count). The zero-order valence-corrected chi connectivity index (χ0v) is 12.2. The molecule has 0 saturated carbocycles. The molecule has 0 N–H and O–H groups in total. The van der Waals surface area contributed by atoms with Gasteiger partial charge < -0.3 is 4.57 Å². The number of aryl methyl sites for hydroxylation is 2. The molecule has 0 aliphatic heterocycles. The Bertz CT molecular complexity index is 586. The Hall–Kier alpha value is -1.13. The second kappa shape index (κ2) is 5.24. The number of hydrogen-bond acceptors (Lipinski definition) is 3. The van der Waals surface area contributed by atoms with Crippen LogP contribution in [0.5, 0.6) is 0 Å². The summed E-state index contributed by atoms with van der Waals surface area (Å²) < 4.78 is 2.11. The van der Waals surface area contributed by atoms with E-state index in [0.29, 0.717) is 6.54 Å². The van der Waals surface area contributed by atoms with Crippen LogP contribution in [0.15, 0.2) is 11.4 Å². The first kappa shape index (κ1) is 13.3. The number of ketones is 1. The average molecular weight is 283 g/mol. The highest BCUT2D eigenvalue weighted by Crippen LogP contribution is 2.19. The SMILES string of the molecule is Cc1csc(Cn2c(C)cc(C(=O)CCl)c2C)n1. The molecule has 5 heteroatoms. The van der Waals surface area contributed by atoms with Crippen LogP contribution >= 0.6 is 22.9 Å². The fraction of sp³-hybridized carbons (Fsp3) is 0.385. The third kappa shape index (κ3) is 2.49. The van der Waals surface area contributed by atoms with E-state index in [4.69, 9.17) is 11.6 Å². The van der Waals surface area contributed by atoms with Gasteiger partial charge in [-0.1, -0.05) is 0 Å². The second-order valence-corrected chi connectivity index (χ2v) is 5.52. The van der Waals surface area contributed by atoms with E-state index in [-0.39, 0.29) is 11.7 Å². The first-order chi connectivity index (χ1) is 8.52. The summed E-state index contributed by atoms with van der Waals surface area (Å²) in [6, 6.07) is 1.90. The van der Waals surface area contributed by atoms with E-state index in [2.05, 4.69) is 9.55 Å². The normalized spacial score (nSPS) is 10.9. The Labute approximate surface area is 115 Å². The Kier molecular flexibility index (Phi) is 3.88. The molecule has 0 amide bonds. The first-order valence-electron chi connectivity index (χ1n) is 5.69. The number of alkyl halides is 1. The van der Waals surface area contributed by atoms with Crippen LogP contribution in [-0.2, 0) is 6.54 Å². The number of carbonyl (C=O) groups is 1. The lowest BCUT2D eigenvalue weighted by molar-refractivity contribution is 0.102. The van der Waals surface area contributed by atoms with Crippen molar-refractivity contribution in [3.05, 3.63) is 39.1 Å². The van der Waals surface area contributed by atoms with Crippen molar-refractivity contribution in [2.75, 3.05) is 5.88 Å². The topological polar surface area (TPSA) is 34.9 Å². The van der Waals surface area contributed by atoms with Gasteiger partial charge in [-0.15, -0.1) is 22.9 Å². The smallest absolute Gasteiger partial charge is 0.179 e. The van der Waals surface area contributed by atoms with Gasteiger partial charge in [0.05, 0.1) is 12.4 Å². The van der Waals surface area contributed by atoms with Crippen molar-refractivity contribution < 1.29 is 4.79 Å². The van der Waals surface area contributed by atoms with Gasteiger partial charge in [-0.2, -0.15) is 0 Å².